The molecule has 0 spiro atoms. The molecule has 8 rings (SSSR count). The normalized spacial score (nSPS) is 13.1. The lowest BCUT2D eigenvalue weighted by atomic mass is 9.98. The van der Waals surface area contributed by atoms with E-state index in [9.17, 15) is 14.4 Å². The van der Waals surface area contributed by atoms with Gasteiger partial charge < -0.3 is 29.6 Å². The molecule has 0 radical (unpaired) electrons. The average Bonchev–Trinajstić information content (AvgIpc) is 3.64. The lowest BCUT2D eigenvalue weighted by Gasteiger charge is -2.20. The number of hydrogen-bond donors (Lipinski definition) is 2. The molecule has 1 aliphatic heterocycles. The van der Waals surface area contributed by atoms with Crippen molar-refractivity contribution in [2.24, 2.45) is 0 Å². The van der Waals surface area contributed by atoms with Gasteiger partial charge in [-0.15, -0.1) is 0 Å². The molecular weight excluding hydrogens is 750 g/mol. The van der Waals surface area contributed by atoms with Crippen molar-refractivity contribution in [3.05, 3.63) is 143 Å². The maximum atomic E-state index is 15.1. The third-order valence-corrected chi connectivity index (χ3v) is 12.2. The van der Waals surface area contributed by atoms with Gasteiger partial charge in [-0.1, -0.05) is 89.7 Å². The van der Waals surface area contributed by atoms with Gasteiger partial charge in [0.1, 0.15) is 24.1 Å². The molecule has 2 aromatic heterocycles. The number of pyridine rings is 1. The van der Waals surface area contributed by atoms with Crippen molar-refractivity contribution in [1.82, 2.24) is 25.1 Å². The molecule has 0 saturated carbocycles. The second-order valence-electron chi connectivity index (χ2n) is 13.5. The molecule has 1 aliphatic carbocycles. The molecule has 56 heavy (non-hydrogen) atoms. The molecule has 2 aliphatic rings. The Balaban J connectivity index is 0.962. The Hall–Kier alpha value is -5.79. The van der Waals surface area contributed by atoms with E-state index in [1.54, 1.807) is 18.1 Å². The number of rotatable bonds is 12. The van der Waals surface area contributed by atoms with E-state index in [2.05, 4.69) is 39.9 Å². The third kappa shape index (κ3) is 7.69. The number of carbonyl (C=O) groups is 3. The number of carbonyl (C=O) groups excluding carboxylic acids is 3. The summed E-state index contributed by atoms with van der Waals surface area (Å²) in [6.07, 6.45) is 1.19. The standard InChI is InChI=1S/C43H38FN5O5S2/c1-48(43(52)54-25-36-32-10-4-2-8-30(32)31-9-3-5-11-33(31)36)24-27-13-15-28(16-14-27)40-34-17-19-46-41(50)35-22-29(44)23-37(39(34)35)49(40)26-47-42(51)53-20-21-55-56-38-12-6-7-18-45-38/h2-16,18,22-23,36H,17,19-21,24-26H2,1H3,(H,46,50)(H,47,51). The number of nitrogens with one attached hydrogen (secondary N) is 2. The van der Waals surface area contributed by atoms with Crippen LogP contribution < -0.4 is 10.6 Å². The fourth-order valence-electron chi connectivity index (χ4n) is 7.51. The molecule has 6 aromatic rings. The monoisotopic (exact) mass is 787 g/mol. The lowest BCUT2D eigenvalue weighted by Crippen LogP contribution is -2.28. The average molecular weight is 788 g/mol. The van der Waals surface area contributed by atoms with Gasteiger partial charge in [0.2, 0.25) is 0 Å². The van der Waals surface area contributed by atoms with Crippen molar-refractivity contribution >= 4 is 50.6 Å². The first kappa shape index (κ1) is 37.1. The fraction of sp³-hybridized carbons (Fsp3) is 0.209. The van der Waals surface area contributed by atoms with E-state index in [-0.39, 0.29) is 37.3 Å². The van der Waals surface area contributed by atoms with Crippen molar-refractivity contribution in [2.75, 3.05) is 32.6 Å². The van der Waals surface area contributed by atoms with Crippen molar-refractivity contribution in [2.45, 2.75) is 30.6 Å². The Morgan fingerprint density at radius 3 is 2.41 bits per heavy atom. The van der Waals surface area contributed by atoms with Gasteiger partial charge in [-0.2, -0.15) is 0 Å². The minimum absolute atomic E-state index is 0.0166. The Morgan fingerprint density at radius 1 is 0.946 bits per heavy atom. The maximum absolute atomic E-state index is 15.1. The first-order valence-corrected chi connectivity index (χ1v) is 20.6. The summed E-state index contributed by atoms with van der Waals surface area (Å²) in [5.41, 5.74) is 8.69. The van der Waals surface area contributed by atoms with Crippen molar-refractivity contribution in [1.29, 1.82) is 0 Å². The van der Waals surface area contributed by atoms with Gasteiger partial charge >= 0.3 is 12.2 Å². The number of benzene rings is 4. The maximum Gasteiger partial charge on any atom is 0.409 e. The van der Waals surface area contributed by atoms with Crippen molar-refractivity contribution < 1.29 is 28.2 Å². The SMILES string of the molecule is CN(Cc1ccc(-c2c3c4c(cc(F)cc4n2CNC(=O)OCCSSc2ccccn2)C(=O)NCC3)cc1)C(=O)OCC1c2ccccc2-c2ccccc21. The second kappa shape index (κ2) is 16.5. The third-order valence-electron chi connectivity index (χ3n) is 9.99. The van der Waals surface area contributed by atoms with E-state index in [4.69, 9.17) is 9.47 Å². The second-order valence-corrected chi connectivity index (χ2v) is 15.9. The Morgan fingerprint density at radius 2 is 1.68 bits per heavy atom. The number of hydrogen-bond acceptors (Lipinski definition) is 8. The molecule has 13 heteroatoms. The Kier molecular flexibility index (Phi) is 11.0. The van der Waals surface area contributed by atoms with E-state index in [1.807, 2.05) is 71.3 Å². The topological polar surface area (TPSA) is 115 Å². The minimum Gasteiger partial charge on any atom is -0.449 e. The van der Waals surface area contributed by atoms with Crippen LogP contribution in [0, 0.1) is 5.82 Å². The number of alkyl carbamates (subject to hydrolysis) is 1. The highest BCUT2D eigenvalue weighted by molar-refractivity contribution is 8.76. The van der Waals surface area contributed by atoms with Gasteiger partial charge in [0, 0.05) is 43.4 Å². The summed E-state index contributed by atoms with van der Waals surface area (Å²) >= 11 is 0. The van der Waals surface area contributed by atoms with Gasteiger partial charge in [0.05, 0.1) is 23.4 Å². The molecular formula is C43H38FN5O5S2. The van der Waals surface area contributed by atoms with Crippen LogP contribution in [0.3, 0.4) is 0 Å². The molecule has 0 fully saturated rings. The van der Waals surface area contributed by atoms with Crippen LogP contribution in [0.2, 0.25) is 0 Å². The van der Waals surface area contributed by atoms with Crippen LogP contribution in [0.4, 0.5) is 14.0 Å². The van der Waals surface area contributed by atoms with Crippen molar-refractivity contribution in [3.8, 4) is 22.4 Å². The number of halogens is 1. The van der Waals surface area contributed by atoms with Crippen LogP contribution in [0.5, 0.6) is 0 Å². The van der Waals surface area contributed by atoms with Crippen LogP contribution in [0.1, 0.15) is 38.5 Å². The largest absolute Gasteiger partial charge is 0.449 e. The summed E-state index contributed by atoms with van der Waals surface area (Å²) in [5.74, 6) is -0.383. The molecule has 0 saturated heterocycles. The molecule has 0 atom stereocenters. The predicted molar refractivity (Wildman–Crippen MR) is 217 cm³/mol. The molecule has 0 bridgehead atoms. The van der Waals surface area contributed by atoms with E-state index in [0.717, 1.165) is 38.5 Å². The Labute approximate surface area is 331 Å². The molecule has 0 unspecified atom stereocenters. The van der Waals surface area contributed by atoms with E-state index in [1.165, 1.54) is 44.8 Å². The fourth-order valence-corrected chi connectivity index (χ4v) is 9.21. The highest BCUT2D eigenvalue weighted by Gasteiger charge is 2.30. The predicted octanol–water partition coefficient (Wildman–Crippen LogP) is 8.63. The quantitative estimate of drug-likeness (QED) is 0.0937. The van der Waals surface area contributed by atoms with Gasteiger partial charge in [-0.25, -0.2) is 19.0 Å². The van der Waals surface area contributed by atoms with E-state index < -0.39 is 18.0 Å². The van der Waals surface area contributed by atoms with Gasteiger partial charge in [0.15, 0.2) is 0 Å². The summed E-state index contributed by atoms with van der Waals surface area (Å²) in [4.78, 5) is 44.9. The first-order valence-electron chi connectivity index (χ1n) is 18.2. The first-order chi connectivity index (χ1) is 27.4. The van der Waals surface area contributed by atoms with Crippen LogP contribution in [0.15, 0.2) is 114 Å². The highest BCUT2D eigenvalue weighted by Crippen LogP contribution is 2.44. The van der Waals surface area contributed by atoms with Gasteiger partial charge in [0.25, 0.3) is 5.91 Å². The molecule has 4 aromatic carbocycles. The summed E-state index contributed by atoms with van der Waals surface area (Å²) < 4.78 is 28.2. The Bertz CT molecular complexity index is 2380. The molecule has 2 N–H and O–H groups in total. The summed E-state index contributed by atoms with van der Waals surface area (Å²) in [6.45, 7) is 1.08. The van der Waals surface area contributed by atoms with Crippen LogP contribution in [-0.4, -0.2) is 65.1 Å². The molecule has 3 amide bonds. The van der Waals surface area contributed by atoms with Crippen LogP contribution in [-0.2, 0) is 29.1 Å². The van der Waals surface area contributed by atoms with E-state index >= 15 is 4.39 Å². The summed E-state index contributed by atoms with van der Waals surface area (Å²) in [7, 11) is 4.74. The zero-order valence-corrected chi connectivity index (χ0v) is 32.1. The van der Waals surface area contributed by atoms with Crippen molar-refractivity contribution in [3.63, 3.8) is 0 Å². The van der Waals surface area contributed by atoms with Crippen LogP contribution >= 0.6 is 21.6 Å². The number of fused-ring (bicyclic) bond motifs is 3. The molecule has 10 nitrogen and oxygen atoms in total. The zero-order valence-electron chi connectivity index (χ0n) is 30.5. The summed E-state index contributed by atoms with van der Waals surface area (Å²) in [6, 6.07) is 32.5. The number of aromatic nitrogens is 2. The van der Waals surface area contributed by atoms with E-state index in [0.29, 0.717) is 36.2 Å². The smallest absolute Gasteiger partial charge is 0.409 e. The van der Waals surface area contributed by atoms with Gasteiger partial charge in [-0.05, 0) is 80.4 Å². The van der Waals surface area contributed by atoms with Crippen LogP contribution in [0.25, 0.3) is 33.3 Å². The number of amides is 3. The van der Waals surface area contributed by atoms with Gasteiger partial charge in [-0.3, -0.25) is 4.79 Å². The lowest BCUT2D eigenvalue weighted by molar-refractivity contribution is 0.0956. The molecule has 284 valence electrons. The number of ether oxygens (including phenoxy) is 2. The molecule has 3 heterocycles. The highest BCUT2D eigenvalue weighted by atomic mass is 33.1. The zero-order chi connectivity index (χ0) is 38.6. The minimum atomic E-state index is -0.615. The summed E-state index contributed by atoms with van der Waals surface area (Å²) in [5, 5.41) is 7.21. The number of nitrogens with zero attached hydrogens (tertiary/aromatic N) is 3.